The molecule has 0 atom stereocenters. The van der Waals surface area contributed by atoms with Crippen molar-refractivity contribution in [2.75, 3.05) is 13.2 Å². The summed E-state index contributed by atoms with van der Waals surface area (Å²) in [5, 5.41) is 1.07. The molecule has 0 aliphatic rings. The van der Waals surface area contributed by atoms with Gasteiger partial charge < -0.3 is 9.47 Å². The van der Waals surface area contributed by atoms with E-state index in [1.54, 1.807) is 12.2 Å². The third-order valence-corrected chi connectivity index (χ3v) is 4.32. The molecule has 0 aromatic heterocycles. The van der Waals surface area contributed by atoms with Gasteiger partial charge in [-0.25, -0.2) is 0 Å². The molecule has 110 valence electrons. The van der Waals surface area contributed by atoms with Crippen LogP contribution in [0.4, 0.5) is 0 Å². The summed E-state index contributed by atoms with van der Waals surface area (Å²) in [6.45, 7) is 8.43. The summed E-state index contributed by atoms with van der Waals surface area (Å²) in [6.07, 6.45) is 3.28. The van der Waals surface area contributed by atoms with Crippen LogP contribution in [0.2, 0.25) is 20.1 Å². The number of hydrogen-bond acceptors (Lipinski definition) is 2. The minimum absolute atomic E-state index is 0.211. The standard InChI is InChI=1S/C14H14Cl4O2/c1-3-5-19-7-9-10(8-20-6-4-2)12(16)14(18)13(17)11(9)15/h3-4H,1-2,5-8H2. The Kier molecular flexibility index (Phi) is 7.96. The lowest BCUT2D eigenvalue weighted by Gasteiger charge is -2.16. The zero-order valence-electron chi connectivity index (χ0n) is 10.7. The van der Waals surface area contributed by atoms with Gasteiger partial charge >= 0.3 is 0 Å². The van der Waals surface area contributed by atoms with Gasteiger partial charge in [0.15, 0.2) is 0 Å². The normalized spacial score (nSPS) is 10.6. The summed E-state index contributed by atoms with van der Waals surface area (Å²) >= 11 is 24.5. The minimum atomic E-state index is 0.211. The molecule has 2 nitrogen and oxygen atoms in total. The van der Waals surface area contributed by atoms with Crippen molar-refractivity contribution >= 4 is 46.4 Å². The van der Waals surface area contributed by atoms with Gasteiger partial charge in [-0.1, -0.05) is 58.6 Å². The van der Waals surface area contributed by atoms with Crippen LogP contribution < -0.4 is 0 Å². The molecule has 0 unspecified atom stereocenters. The molecule has 0 saturated heterocycles. The van der Waals surface area contributed by atoms with Crippen molar-refractivity contribution in [3.05, 3.63) is 56.5 Å². The molecule has 0 aliphatic heterocycles. The summed E-state index contributed by atoms with van der Waals surface area (Å²) in [5.41, 5.74) is 1.33. The second kappa shape index (κ2) is 8.93. The predicted octanol–water partition coefficient (Wildman–Crippen LogP) is 5.71. The number of benzene rings is 1. The highest BCUT2D eigenvalue weighted by Gasteiger charge is 2.20. The van der Waals surface area contributed by atoms with Crippen molar-refractivity contribution < 1.29 is 9.47 Å². The molecule has 0 spiro atoms. The van der Waals surface area contributed by atoms with Crippen LogP contribution in [0, 0.1) is 0 Å². The van der Waals surface area contributed by atoms with Crippen LogP contribution in [0.5, 0.6) is 0 Å². The van der Waals surface area contributed by atoms with Crippen LogP contribution in [0.15, 0.2) is 25.3 Å². The Bertz CT molecular complexity index is 456. The molecule has 0 radical (unpaired) electrons. The topological polar surface area (TPSA) is 18.5 Å². The van der Waals surface area contributed by atoms with E-state index < -0.39 is 0 Å². The van der Waals surface area contributed by atoms with Crippen molar-refractivity contribution in [1.82, 2.24) is 0 Å². The lowest BCUT2D eigenvalue weighted by atomic mass is 10.1. The van der Waals surface area contributed by atoms with Gasteiger partial charge in [-0.3, -0.25) is 0 Å². The first kappa shape index (κ1) is 17.8. The van der Waals surface area contributed by atoms with Crippen molar-refractivity contribution in [2.24, 2.45) is 0 Å². The Morgan fingerprint density at radius 1 is 0.700 bits per heavy atom. The molecule has 0 N–H and O–H groups in total. The van der Waals surface area contributed by atoms with Crippen LogP contribution in [0.1, 0.15) is 11.1 Å². The Hall–Kier alpha value is -0.220. The first-order chi connectivity index (χ1) is 9.54. The quantitative estimate of drug-likeness (QED) is 0.257. The van der Waals surface area contributed by atoms with Crippen LogP contribution in [0.3, 0.4) is 0 Å². The summed E-state index contributed by atoms with van der Waals surface area (Å²) in [7, 11) is 0. The van der Waals surface area contributed by atoms with Crippen molar-refractivity contribution in [1.29, 1.82) is 0 Å². The van der Waals surface area contributed by atoms with E-state index in [0.717, 1.165) is 0 Å². The van der Waals surface area contributed by atoms with Crippen molar-refractivity contribution in [2.45, 2.75) is 13.2 Å². The number of halogens is 4. The van der Waals surface area contributed by atoms with Gasteiger partial charge in [0, 0.05) is 11.1 Å². The summed E-state index contributed by atoms with van der Waals surface area (Å²) < 4.78 is 10.8. The average Bonchev–Trinajstić information content (AvgIpc) is 2.45. The van der Waals surface area contributed by atoms with Crippen molar-refractivity contribution in [3.63, 3.8) is 0 Å². The van der Waals surface area contributed by atoms with Gasteiger partial charge in [0.2, 0.25) is 0 Å². The molecule has 0 bridgehead atoms. The Morgan fingerprint density at radius 3 is 1.35 bits per heavy atom. The summed E-state index contributed by atoms with van der Waals surface area (Å²) in [5.74, 6) is 0. The summed E-state index contributed by atoms with van der Waals surface area (Å²) in [4.78, 5) is 0. The van der Waals surface area contributed by atoms with Gasteiger partial charge in [0.1, 0.15) is 0 Å². The molecule has 1 aromatic rings. The number of rotatable bonds is 8. The van der Waals surface area contributed by atoms with E-state index in [0.29, 0.717) is 34.4 Å². The van der Waals surface area contributed by atoms with Crippen LogP contribution in [0.25, 0.3) is 0 Å². The van der Waals surface area contributed by atoms with E-state index in [2.05, 4.69) is 13.2 Å². The van der Waals surface area contributed by atoms with Crippen LogP contribution >= 0.6 is 46.4 Å². The highest BCUT2D eigenvalue weighted by atomic mass is 35.5. The third-order valence-electron chi connectivity index (χ3n) is 2.44. The predicted molar refractivity (Wildman–Crippen MR) is 86.2 cm³/mol. The fraction of sp³-hybridized carbons (Fsp3) is 0.286. The maximum atomic E-state index is 6.21. The SMILES string of the molecule is C=CCOCc1c(Cl)c(Cl)c(Cl)c(Cl)c1COCC=C. The molecular weight excluding hydrogens is 342 g/mol. The number of ether oxygens (including phenoxy) is 2. The Labute approximate surface area is 138 Å². The first-order valence-corrected chi connectivity index (χ1v) is 7.26. The maximum absolute atomic E-state index is 6.21. The largest absolute Gasteiger partial charge is 0.373 e. The highest BCUT2D eigenvalue weighted by molar-refractivity contribution is 6.52. The van der Waals surface area contributed by atoms with Gasteiger partial charge in [0.25, 0.3) is 0 Å². The number of hydrogen-bond donors (Lipinski definition) is 0. The van der Waals surface area contributed by atoms with E-state index >= 15 is 0 Å². The molecule has 0 fully saturated rings. The fourth-order valence-corrected chi connectivity index (χ4v) is 2.55. The van der Waals surface area contributed by atoms with E-state index in [1.165, 1.54) is 0 Å². The van der Waals surface area contributed by atoms with Crippen LogP contribution in [-0.2, 0) is 22.7 Å². The molecule has 0 saturated carbocycles. The second-order valence-electron chi connectivity index (χ2n) is 3.82. The van der Waals surface area contributed by atoms with Gasteiger partial charge in [-0.2, -0.15) is 0 Å². The fourth-order valence-electron chi connectivity index (χ4n) is 1.51. The monoisotopic (exact) mass is 354 g/mol. The van der Waals surface area contributed by atoms with Gasteiger partial charge in [-0.05, 0) is 0 Å². The molecule has 0 amide bonds. The molecule has 6 heteroatoms. The molecule has 1 rings (SSSR count). The third kappa shape index (κ3) is 4.39. The van der Waals surface area contributed by atoms with E-state index in [4.69, 9.17) is 55.9 Å². The lowest BCUT2D eigenvalue weighted by Crippen LogP contribution is -2.04. The van der Waals surface area contributed by atoms with E-state index in [-0.39, 0.29) is 23.3 Å². The smallest absolute Gasteiger partial charge is 0.0797 e. The average molecular weight is 356 g/mol. The van der Waals surface area contributed by atoms with Gasteiger partial charge in [0.05, 0.1) is 46.5 Å². The highest BCUT2D eigenvalue weighted by Crippen LogP contribution is 2.42. The summed E-state index contributed by atoms with van der Waals surface area (Å²) in [6, 6.07) is 0. The molecule has 0 heterocycles. The van der Waals surface area contributed by atoms with Crippen molar-refractivity contribution in [3.8, 4) is 0 Å². The Balaban J connectivity index is 3.13. The first-order valence-electron chi connectivity index (χ1n) is 5.75. The lowest BCUT2D eigenvalue weighted by molar-refractivity contribution is 0.134. The molecule has 20 heavy (non-hydrogen) atoms. The van der Waals surface area contributed by atoms with E-state index in [9.17, 15) is 0 Å². The molecular formula is C14H14Cl4O2. The maximum Gasteiger partial charge on any atom is 0.0797 e. The van der Waals surface area contributed by atoms with Gasteiger partial charge in [-0.15, -0.1) is 13.2 Å². The molecule has 1 aromatic carbocycles. The van der Waals surface area contributed by atoms with E-state index in [1.807, 2.05) is 0 Å². The second-order valence-corrected chi connectivity index (χ2v) is 5.33. The zero-order chi connectivity index (χ0) is 15.1. The zero-order valence-corrected chi connectivity index (χ0v) is 13.7. The molecule has 0 aliphatic carbocycles. The minimum Gasteiger partial charge on any atom is -0.373 e. The Morgan fingerprint density at radius 2 is 1.05 bits per heavy atom. The van der Waals surface area contributed by atoms with Crippen LogP contribution in [-0.4, -0.2) is 13.2 Å².